The van der Waals surface area contributed by atoms with Gasteiger partial charge < -0.3 is 9.47 Å². The minimum absolute atomic E-state index is 0.349. The normalized spacial score (nSPS) is 9.73. The van der Waals surface area contributed by atoms with Crippen LogP contribution in [0.15, 0.2) is 24.3 Å². The van der Waals surface area contributed by atoms with Crippen LogP contribution in [0.3, 0.4) is 0 Å². The van der Waals surface area contributed by atoms with E-state index in [0.29, 0.717) is 29.9 Å². The van der Waals surface area contributed by atoms with Crippen molar-refractivity contribution in [2.24, 2.45) is 0 Å². The molecule has 0 atom stereocenters. The predicted octanol–water partition coefficient (Wildman–Crippen LogP) is 2.64. The van der Waals surface area contributed by atoms with E-state index >= 15 is 0 Å². The summed E-state index contributed by atoms with van der Waals surface area (Å²) in [5.41, 5.74) is 0.473. The quantitative estimate of drug-likeness (QED) is 0.611. The van der Waals surface area contributed by atoms with Crippen LogP contribution in [-0.4, -0.2) is 24.5 Å². The fraction of sp³-hybridized carbons (Fsp3) is 0.364. The standard InChI is InChI=1S/C11H13BrO3/c1-2-14-10-6-4-3-5-9(10)11(13)15-8-7-12/h3-6H,2,7-8H2,1H3. The third-order valence-electron chi connectivity index (χ3n) is 1.72. The summed E-state index contributed by atoms with van der Waals surface area (Å²) in [4.78, 5) is 11.6. The number of hydrogen-bond donors (Lipinski definition) is 0. The summed E-state index contributed by atoms with van der Waals surface area (Å²) in [5, 5.41) is 0.634. The smallest absolute Gasteiger partial charge is 0.341 e. The van der Waals surface area contributed by atoms with Crippen LogP contribution in [0.5, 0.6) is 5.75 Å². The number of hydrogen-bond acceptors (Lipinski definition) is 3. The summed E-state index contributed by atoms with van der Waals surface area (Å²) in [5.74, 6) is 0.220. The third-order valence-corrected chi connectivity index (χ3v) is 2.04. The first-order valence-corrected chi connectivity index (χ1v) is 5.86. The van der Waals surface area contributed by atoms with Gasteiger partial charge in [0.15, 0.2) is 0 Å². The van der Waals surface area contributed by atoms with Crippen LogP contribution in [0.25, 0.3) is 0 Å². The summed E-state index contributed by atoms with van der Waals surface area (Å²) in [6.45, 7) is 2.77. The summed E-state index contributed by atoms with van der Waals surface area (Å²) in [6.07, 6.45) is 0. The van der Waals surface area contributed by atoms with Gasteiger partial charge in [-0.2, -0.15) is 0 Å². The van der Waals surface area contributed by atoms with Gasteiger partial charge in [0.25, 0.3) is 0 Å². The average molecular weight is 273 g/mol. The fourth-order valence-electron chi connectivity index (χ4n) is 1.13. The molecule has 0 spiro atoms. The Morgan fingerprint density at radius 3 is 2.80 bits per heavy atom. The topological polar surface area (TPSA) is 35.5 Å². The highest BCUT2D eigenvalue weighted by Gasteiger charge is 2.12. The Morgan fingerprint density at radius 1 is 1.40 bits per heavy atom. The number of carbonyl (C=O) groups excluding carboxylic acids is 1. The molecular weight excluding hydrogens is 260 g/mol. The van der Waals surface area contributed by atoms with Crippen LogP contribution in [0, 0.1) is 0 Å². The Kier molecular flexibility index (Phi) is 5.18. The minimum atomic E-state index is -0.349. The Morgan fingerprint density at radius 2 is 2.13 bits per heavy atom. The first kappa shape index (κ1) is 12.0. The summed E-state index contributed by atoms with van der Waals surface area (Å²) in [6, 6.07) is 7.06. The van der Waals surface area contributed by atoms with Crippen molar-refractivity contribution < 1.29 is 14.3 Å². The number of alkyl halides is 1. The van der Waals surface area contributed by atoms with Crippen molar-refractivity contribution >= 4 is 21.9 Å². The molecule has 0 saturated carbocycles. The van der Waals surface area contributed by atoms with Gasteiger partial charge in [0.05, 0.1) is 6.61 Å². The number of ether oxygens (including phenoxy) is 2. The lowest BCUT2D eigenvalue weighted by molar-refractivity contribution is 0.0527. The van der Waals surface area contributed by atoms with Gasteiger partial charge in [-0.3, -0.25) is 0 Å². The van der Waals surface area contributed by atoms with Crippen molar-refractivity contribution in [3.05, 3.63) is 29.8 Å². The molecule has 3 nitrogen and oxygen atoms in total. The molecule has 15 heavy (non-hydrogen) atoms. The predicted molar refractivity (Wildman–Crippen MR) is 61.7 cm³/mol. The largest absolute Gasteiger partial charge is 0.493 e. The maximum Gasteiger partial charge on any atom is 0.341 e. The van der Waals surface area contributed by atoms with Gasteiger partial charge in [0.1, 0.15) is 17.9 Å². The highest BCUT2D eigenvalue weighted by Crippen LogP contribution is 2.18. The number of esters is 1. The maximum absolute atomic E-state index is 11.6. The summed E-state index contributed by atoms with van der Waals surface area (Å²) < 4.78 is 10.3. The Balaban J connectivity index is 2.77. The molecule has 0 N–H and O–H groups in total. The zero-order valence-corrected chi connectivity index (χ0v) is 10.1. The van der Waals surface area contributed by atoms with Crippen LogP contribution in [-0.2, 0) is 4.74 Å². The van der Waals surface area contributed by atoms with Crippen LogP contribution < -0.4 is 4.74 Å². The fourth-order valence-corrected chi connectivity index (χ4v) is 1.29. The molecule has 0 aliphatic rings. The molecule has 0 aliphatic carbocycles. The van der Waals surface area contributed by atoms with Gasteiger partial charge >= 0.3 is 5.97 Å². The first-order valence-electron chi connectivity index (χ1n) is 4.74. The molecule has 0 bridgehead atoms. The number of benzene rings is 1. The Hall–Kier alpha value is -1.03. The second-order valence-electron chi connectivity index (χ2n) is 2.75. The molecule has 1 rings (SSSR count). The molecule has 0 amide bonds. The van der Waals surface area contributed by atoms with Gasteiger partial charge in [-0.15, -0.1) is 0 Å². The molecule has 1 aromatic rings. The van der Waals surface area contributed by atoms with E-state index < -0.39 is 0 Å². The molecular formula is C11H13BrO3. The van der Waals surface area contributed by atoms with Crippen molar-refractivity contribution in [1.29, 1.82) is 0 Å². The van der Waals surface area contributed by atoms with E-state index in [-0.39, 0.29) is 5.97 Å². The van der Waals surface area contributed by atoms with Crippen molar-refractivity contribution in [2.45, 2.75) is 6.92 Å². The van der Waals surface area contributed by atoms with Gasteiger partial charge in [-0.05, 0) is 19.1 Å². The van der Waals surface area contributed by atoms with E-state index in [1.54, 1.807) is 18.2 Å². The van der Waals surface area contributed by atoms with E-state index in [1.165, 1.54) is 0 Å². The Labute approximate surface area is 97.5 Å². The molecule has 0 unspecified atom stereocenters. The number of rotatable bonds is 5. The van der Waals surface area contributed by atoms with Crippen molar-refractivity contribution in [3.63, 3.8) is 0 Å². The number of halogens is 1. The number of carbonyl (C=O) groups is 1. The second kappa shape index (κ2) is 6.45. The molecule has 0 aromatic heterocycles. The van der Waals surface area contributed by atoms with Crippen molar-refractivity contribution in [3.8, 4) is 5.75 Å². The van der Waals surface area contributed by atoms with Crippen molar-refractivity contribution in [1.82, 2.24) is 0 Å². The third kappa shape index (κ3) is 3.55. The highest BCUT2D eigenvalue weighted by molar-refractivity contribution is 9.09. The first-order chi connectivity index (χ1) is 7.29. The van der Waals surface area contributed by atoms with Crippen LogP contribution in [0.2, 0.25) is 0 Å². The van der Waals surface area contributed by atoms with Crippen LogP contribution in [0.1, 0.15) is 17.3 Å². The monoisotopic (exact) mass is 272 g/mol. The van der Waals surface area contributed by atoms with Gasteiger partial charge in [-0.1, -0.05) is 28.1 Å². The molecule has 0 fully saturated rings. The molecule has 0 radical (unpaired) electrons. The molecule has 0 saturated heterocycles. The highest BCUT2D eigenvalue weighted by atomic mass is 79.9. The minimum Gasteiger partial charge on any atom is -0.493 e. The SMILES string of the molecule is CCOc1ccccc1C(=O)OCCBr. The lowest BCUT2D eigenvalue weighted by atomic mass is 10.2. The van der Waals surface area contributed by atoms with Gasteiger partial charge in [-0.25, -0.2) is 4.79 Å². The lowest BCUT2D eigenvalue weighted by Gasteiger charge is -2.08. The molecule has 0 aliphatic heterocycles. The average Bonchev–Trinajstić information content (AvgIpc) is 2.27. The number of para-hydroxylation sites is 1. The Bertz CT molecular complexity index is 325. The zero-order valence-electron chi connectivity index (χ0n) is 8.53. The van der Waals surface area contributed by atoms with E-state index in [9.17, 15) is 4.79 Å². The van der Waals surface area contributed by atoms with E-state index in [2.05, 4.69) is 15.9 Å². The molecule has 0 heterocycles. The van der Waals surface area contributed by atoms with Crippen molar-refractivity contribution in [2.75, 3.05) is 18.5 Å². The lowest BCUT2D eigenvalue weighted by Crippen LogP contribution is -2.09. The summed E-state index contributed by atoms with van der Waals surface area (Å²) in [7, 11) is 0. The second-order valence-corrected chi connectivity index (χ2v) is 3.55. The van der Waals surface area contributed by atoms with E-state index in [1.807, 2.05) is 13.0 Å². The molecule has 1 aromatic carbocycles. The summed E-state index contributed by atoms with van der Waals surface area (Å²) >= 11 is 3.19. The molecule has 82 valence electrons. The van der Waals surface area contributed by atoms with Crippen LogP contribution in [0.4, 0.5) is 0 Å². The van der Waals surface area contributed by atoms with Crippen LogP contribution >= 0.6 is 15.9 Å². The maximum atomic E-state index is 11.6. The van der Waals surface area contributed by atoms with Gasteiger partial charge in [0.2, 0.25) is 0 Å². The van der Waals surface area contributed by atoms with E-state index in [4.69, 9.17) is 9.47 Å². The van der Waals surface area contributed by atoms with E-state index in [0.717, 1.165) is 0 Å². The zero-order chi connectivity index (χ0) is 11.1. The molecule has 4 heteroatoms. The van der Waals surface area contributed by atoms with Gasteiger partial charge in [0, 0.05) is 5.33 Å².